The highest BCUT2D eigenvalue weighted by molar-refractivity contribution is 7.18. The number of aromatic nitrogens is 3. The number of aliphatic hydroxyl groups excluding tert-OH is 1. The Bertz CT molecular complexity index is 1200. The summed E-state index contributed by atoms with van der Waals surface area (Å²) < 4.78 is 39.7. The van der Waals surface area contributed by atoms with Crippen LogP contribution >= 0.6 is 11.3 Å². The van der Waals surface area contributed by atoms with Gasteiger partial charge in [0.2, 0.25) is 0 Å². The molecule has 3 aromatic rings. The molecular formula is C23H25F3N4O3S. The van der Waals surface area contributed by atoms with Gasteiger partial charge in [-0.1, -0.05) is 0 Å². The van der Waals surface area contributed by atoms with Gasteiger partial charge in [-0.05, 0) is 57.6 Å². The number of anilines is 1. The van der Waals surface area contributed by atoms with E-state index in [9.17, 15) is 28.2 Å². The maximum absolute atomic E-state index is 13.0. The molecular weight excluding hydrogens is 469 g/mol. The standard InChI is InChI=1S/C23H25F3N4O3S/c1-22(2,33)14-7-16-18(34-21(30-16)13-5-3-12(11-31)4-6-13)8-15(14)29-20(32)17-9-27-10-19(28-17)23(24,25)26/h7-10,12-13,31,33H,3-6,11H2,1-2H3,(H,29,32). The first-order valence-corrected chi connectivity index (χ1v) is 11.8. The minimum atomic E-state index is -4.73. The lowest BCUT2D eigenvalue weighted by molar-refractivity contribution is -0.141. The summed E-state index contributed by atoms with van der Waals surface area (Å²) in [5, 5.41) is 23.6. The zero-order valence-corrected chi connectivity index (χ0v) is 19.5. The van der Waals surface area contributed by atoms with Gasteiger partial charge in [0.1, 0.15) is 5.69 Å². The van der Waals surface area contributed by atoms with Crippen molar-refractivity contribution in [2.45, 2.75) is 57.2 Å². The first-order chi connectivity index (χ1) is 16.0. The second kappa shape index (κ2) is 9.20. The molecule has 1 amide bonds. The average molecular weight is 495 g/mol. The van der Waals surface area contributed by atoms with E-state index < -0.39 is 29.1 Å². The fourth-order valence-electron chi connectivity index (χ4n) is 4.17. The van der Waals surface area contributed by atoms with Gasteiger partial charge in [0.15, 0.2) is 5.69 Å². The van der Waals surface area contributed by atoms with E-state index in [-0.39, 0.29) is 18.2 Å². The van der Waals surface area contributed by atoms with Crippen LogP contribution in [0, 0.1) is 5.92 Å². The van der Waals surface area contributed by atoms with E-state index in [0.717, 1.165) is 41.6 Å². The summed E-state index contributed by atoms with van der Waals surface area (Å²) in [5.74, 6) is -0.257. The number of carbonyl (C=O) groups is 1. The summed E-state index contributed by atoms with van der Waals surface area (Å²) in [5.41, 5.74) is -1.77. The van der Waals surface area contributed by atoms with Crippen LogP contribution in [0.5, 0.6) is 0 Å². The first kappa shape index (κ1) is 24.5. The van der Waals surface area contributed by atoms with Crippen molar-refractivity contribution in [2.24, 2.45) is 5.92 Å². The molecule has 0 saturated heterocycles. The van der Waals surface area contributed by atoms with Gasteiger partial charge in [-0.15, -0.1) is 11.3 Å². The molecule has 11 heteroatoms. The topological polar surface area (TPSA) is 108 Å². The maximum atomic E-state index is 13.0. The monoisotopic (exact) mass is 494 g/mol. The predicted molar refractivity (Wildman–Crippen MR) is 122 cm³/mol. The molecule has 3 N–H and O–H groups in total. The number of thiazole rings is 1. The Balaban J connectivity index is 1.66. The SMILES string of the molecule is CC(C)(O)c1cc2nc(C3CCC(CO)CC3)sc2cc1NC(=O)c1cncc(C(F)(F)F)n1. The third-order valence-corrected chi connectivity index (χ3v) is 7.24. The molecule has 34 heavy (non-hydrogen) atoms. The van der Waals surface area contributed by atoms with E-state index in [1.807, 2.05) is 0 Å². The van der Waals surface area contributed by atoms with Crippen molar-refractivity contribution in [3.63, 3.8) is 0 Å². The molecule has 1 fully saturated rings. The molecule has 0 spiro atoms. The molecule has 0 radical (unpaired) electrons. The average Bonchev–Trinajstić information content (AvgIpc) is 3.20. The summed E-state index contributed by atoms with van der Waals surface area (Å²) in [6.07, 6.45) is 0.521. The lowest BCUT2D eigenvalue weighted by Crippen LogP contribution is -2.22. The number of benzene rings is 1. The summed E-state index contributed by atoms with van der Waals surface area (Å²) in [4.78, 5) is 24.4. The number of aliphatic hydroxyl groups is 2. The van der Waals surface area contributed by atoms with Gasteiger partial charge < -0.3 is 15.5 Å². The van der Waals surface area contributed by atoms with Crippen molar-refractivity contribution in [1.29, 1.82) is 0 Å². The summed E-state index contributed by atoms with van der Waals surface area (Å²) in [7, 11) is 0. The zero-order valence-electron chi connectivity index (χ0n) is 18.7. The van der Waals surface area contributed by atoms with Gasteiger partial charge in [-0.25, -0.2) is 9.97 Å². The van der Waals surface area contributed by atoms with Gasteiger partial charge in [-0.2, -0.15) is 13.2 Å². The van der Waals surface area contributed by atoms with E-state index in [2.05, 4.69) is 15.3 Å². The normalized spacial score (nSPS) is 19.4. The van der Waals surface area contributed by atoms with Crippen LogP contribution in [0.1, 0.15) is 72.2 Å². The largest absolute Gasteiger partial charge is 0.434 e. The van der Waals surface area contributed by atoms with Crippen LogP contribution in [0.4, 0.5) is 18.9 Å². The fraction of sp³-hybridized carbons (Fsp3) is 0.478. The number of carbonyl (C=O) groups excluding carboxylic acids is 1. The maximum Gasteiger partial charge on any atom is 0.434 e. The smallest absolute Gasteiger partial charge is 0.396 e. The second-order valence-electron chi connectivity index (χ2n) is 9.12. The summed E-state index contributed by atoms with van der Waals surface area (Å²) in [6, 6.07) is 3.38. The number of hydrogen-bond donors (Lipinski definition) is 3. The minimum absolute atomic E-state index is 0.195. The van der Waals surface area contributed by atoms with Crippen molar-refractivity contribution >= 4 is 33.1 Å². The Morgan fingerprint density at radius 3 is 2.47 bits per heavy atom. The first-order valence-electron chi connectivity index (χ1n) is 10.9. The van der Waals surface area contributed by atoms with Crippen molar-refractivity contribution in [3.8, 4) is 0 Å². The molecule has 0 aliphatic heterocycles. The van der Waals surface area contributed by atoms with Gasteiger partial charge in [0.05, 0.1) is 33.2 Å². The van der Waals surface area contributed by atoms with Crippen molar-refractivity contribution in [2.75, 3.05) is 11.9 Å². The van der Waals surface area contributed by atoms with E-state index in [1.54, 1.807) is 26.0 Å². The Morgan fingerprint density at radius 1 is 1.15 bits per heavy atom. The number of alkyl halides is 3. The number of halogens is 3. The number of hydrogen-bond acceptors (Lipinski definition) is 7. The van der Waals surface area contributed by atoms with Crippen molar-refractivity contribution in [1.82, 2.24) is 15.0 Å². The molecule has 2 heterocycles. The van der Waals surface area contributed by atoms with Gasteiger partial charge in [-0.3, -0.25) is 9.78 Å². The molecule has 0 atom stereocenters. The minimum Gasteiger partial charge on any atom is -0.396 e. The summed E-state index contributed by atoms with van der Waals surface area (Å²) in [6.45, 7) is 3.30. The van der Waals surface area contributed by atoms with E-state index in [1.165, 1.54) is 11.3 Å². The van der Waals surface area contributed by atoms with Crippen LogP contribution in [-0.2, 0) is 11.8 Å². The molecule has 0 bridgehead atoms. The number of nitrogens with zero attached hydrogens (tertiary/aromatic N) is 3. The lowest BCUT2D eigenvalue weighted by Gasteiger charge is -2.25. The third-order valence-electron chi connectivity index (χ3n) is 6.06. The van der Waals surface area contributed by atoms with Gasteiger partial charge >= 0.3 is 6.18 Å². The highest BCUT2D eigenvalue weighted by Crippen LogP contribution is 2.41. The van der Waals surface area contributed by atoms with E-state index in [4.69, 9.17) is 4.98 Å². The fourth-order valence-corrected chi connectivity index (χ4v) is 5.32. The molecule has 7 nitrogen and oxygen atoms in total. The number of rotatable bonds is 5. The molecule has 2 aromatic heterocycles. The van der Waals surface area contributed by atoms with Crippen LogP contribution in [-0.4, -0.2) is 37.7 Å². The van der Waals surface area contributed by atoms with Crippen molar-refractivity contribution in [3.05, 3.63) is 46.5 Å². The lowest BCUT2D eigenvalue weighted by atomic mass is 9.83. The Hall–Kier alpha value is -2.63. The van der Waals surface area contributed by atoms with Crippen LogP contribution in [0.3, 0.4) is 0 Å². The van der Waals surface area contributed by atoms with Gasteiger partial charge in [0, 0.05) is 23.8 Å². The molecule has 1 aliphatic rings. The highest BCUT2D eigenvalue weighted by atomic mass is 32.1. The van der Waals surface area contributed by atoms with E-state index in [0.29, 0.717) is 23.2 Å². The Labute approximate surface area is 198 Å². The third kappa shape index (κ3) is 5.21. The number of amides is 1. The molecule has 1 saturated carbocycles. The van der Waals surface area contributed by atoms with Crippen LogP contribution in [0.25, 0.3) is 10.2 Å². The van der Waals surface area contributed by atoms with Crippen LogP contribution in [0.15, 0.2) is 24.5 Å². The molecule has 1 aliphatic carbocycles. The quantitative estimate of drug-likeness (QED) is 0.468. The van der Waals surface area contributed by atoms with Gasteiger partial charge in [0.25, 0.3) is 5.91 Å². The highest BCUT2D eigenvalue weighted by Gasteiger charge is 2.34. The van der Waals surface area contributed by atoms with Crippen LogP contribution in [0.2, 0.25) is 0 Å². The predicted octanol–water partition coefficient (Wildman–Crippen LogP) is 4.85. The molecule has 182 valence electrons. The van der Waals surface area contributed by atoms with E-state index >= 15 is 0 Å². The zero-order chi connectivity index (χ0) is 24.7. The number of nitrogens with one attached hydrogen (secondary N) is 1. The molecule has 4 rings (SSSR count). The second-order valence-corrected chi connectivity index (χ2v) is 10.2. The van der Waals surface area contributed by atoms with Crippen molar-refractivity contribution < 1.29 is 28.2 Å². The Kier molecular flexibility index (Phi) is 6.63. The molecule has 1 aromatic carbocycles. The Morgan fingerprint density at radius 2 is 1.85 bits per heavy atom. The molecule has 0 unspecified atom stereocenters. The van der Waals surface area contributed by atoms with Crippen LogP contribution < -0.4 is 5.32 Å². The summed E-state index contributed by atoms with van der Waals surface area (Å²) >= 11 is 1.49. The number of fused-ring (bicyclic) bond motifs is 1.